The highest BCUT2D eigenvalue weighted by molar-refractivity contribution is 6.23. The molecule has 0 radical (unpaired) electrons. The van der Waals surface area contributed by atoms with Crippen molar-refractivity contribution in [3.05, 3.63) is 59.7 Å². The number of esters is 1. The van der Waals surface area contributed by atoms with Crippen LogP contribution in [0.25, 0.3) is 21.5 Å². The number of benzene rings is 3. The van der Waals surface area contributed by atoms with Crippen LogP contribution in [0.2, 0.25) is 0 Å². The highest BCUT2D eigenvalue weighted by Crippen LogP contribution is 2.31. The number of amides is 2. The van der Waals surface area contributed by atoms with Crippen LogP contribution in [-0.2, 0) is 9.53 Å². The smallest absolute Gasteiger partial charge is 0.308 e. The molecule has 0 spiro atoms. The SMILES string of the molecule is CC[C@@H](C)C(=O)OC[C@H](C)N1C(=O)c2cc3cc4ccccc4cc3cc2C1=O. The van der Waals surface area contributed by atoms with Crippen molar-refractivity contribution in [1.29, 1.82) is 0 Å². The van der Waals surface area contributed by atoms with Gasteiger partial charge in [-0.3, -0.25) is 19.3 Å². The van der Waals surface area contributed by atoms with E-state index in [1.807, 2.05) is 43.3 Å². The van der Waals surface area contributed by atoms with Gasteiger partial charge in [0.2, 0.25) is 0 Å². The van der Waals surface area contributed by atoms with Gasteiger partial charge in [-0.15, -0.1) is 0 Å². The predicted molar refractivity (Wildman–Crippen MR) is 112 cm³/mol. The fraction of sp³-hybridized carbons (Fsp3) is 0.292. The van der Waals surface area contributed by atoms with Gasteiger partial charge in [-0.25, -0.2) is 0 Å². The molecule has 0 N–H and O–H groups in total. The number of fused-ring (bicyclic) bond motifs is 3. The third-order valence-corrected chi connectivity index (χ3v) is 5.66. The maximum Gasteiger partial charge on any atom is 0.308 e. The molecule has 1 aliphatic rings. The summed E-state index contributed by atoms with van der Waals surface area (Å²) in [6.07, 6.45) is 0.682. The second-order valence-corrected chi connectivity index (χ2v) is 7.71. The molecule has 0 unspecified atom stereocenters. The number of carbonyl (C=O) groups excluding carboxylic acids is 3. The molecule has 3 aromatic rings. The van der Waals surface area contributed by atoms with Gasteiger partial charge in [0, 0.05) is 0 Å². The molecule has 3 aromatic carbocycles. The minimum atomic E-state index is -0.530. The lowest BCUT2D eigenvalue weighted by Gasteiger charge is -2.22. The van der Waals surface area contributed by atoms with E-state index < -0.39 is 6.04 Å². The van der Waals surface area contributed by atoms with Crippen LogP contribution in [0.5, 0.6) is 0 Å². The molecule has 1 heterocycles. The molecule has 29 heavy (non-hydrogen) atoms. The lowest BCUT2D eigenvalue weighted by molar-refractivity contribution is -0.149. The summed E-state index contributed by atoms with van der Waals surface area (Å²) in [5.74, 6) is -1.20. The molecule has 2 amide bonds. The summed E-state index contributed by atoms with van der Waals surface area (Å²) in [6.45, 7) is 5.43. The topological polar surface area (TPSA) is 63.7 Å². The van der Waals surface area contributed by atoms with E-state index in [2.05, 4.69) is 0 Å². The molecule has 0 saturated carbocycles. The average molecular weight is 389 g/mol. The van der Waals surface area contributed by atoms with E-state index in [1.54, 1.807) is 26.0 Å². The van der Waals surface area contributed by atoms with E-state index in [9.17, 15) is 14.4 Å². The van der Waals surface area contributed by atoms with Crippen LogP contribution in [0.3, 0.4) is 0 Å². The Morgan fingerprint density at radius 2 is 1.41 bits per heavy atom. The van der Waals surface area contributed by atoms with E-state index in [-0.39, 0.29) is 30.3 Å². The zero-order valence-electron chi connectivity index (χ0n) is 16.8. The van der Waals surface area contributed by atoms with Gasteiger partial charge >= 0.3 is 5.97 Å². The number of ether oxygens (including phenoxy) is 1. The average Bonchev–Trinajstić information content (AvgIpc) is 2.97. The second kappa shape index (κ2) is 7.32. The highest BCUT2D eigenvalue weighted by Gasteiger charge is 2.39. The lowest BCUT2D eigenvalue weighted by Crippen LogP contribution is -2.41. The molecule has 4 rings (SSSR count). The molecular weight excluding hydrogens is 366 g/mol. The van der Waals surface area contributed by atoms with Gasteiger partial charge in [0.05, 0.1) is 23.1 Å². The summed E-state index contributed by atoms with van der Waals surface area (Å²) < 4.78 is 5.31. The Morgan fingerprint density at radius 3 is 1.90 bits per heavy atom. The number of imide groups is 1. The van der Waals surface area contributed by atoms with Gasteiger partial charge in [0.1, 0.15) is 6.61 Å². The van der Waals surface area contributed by atoms with Gasteiger partial charge < -0.3 is 4.74 Å². The summed E-state index contributed by atoms with van der Waals surface area (Å²) in [4.78, 5) is 39.0. The molecule has 0 aromatic heterocycles. The molecule has 0 aliphatic carbocycles. The van der Waals surface area contributed by atoms with Crippen molar-refractivity contribution >= 4 is 39.3 Å². The van der Waals surface area contributed by atoms with Crippen molar-refractivity contribution in [2.45, 2.75) is 33.2 Å². The largest absolute Gasteiger partial charge is 0.463 e. The third kappa shape index (κ3) is 3.27. The van der Waals surface area contributed by atoms with Crippen LogP contribution in [0, 0.1) is 5.92 Å². The maximum atomic E-state index is 13.0. The van der Waals surface area contributed by atoms with Gasteiger partial charge in [-0.2, -0.15) is 0 Å². The lowest BCUT2D eigenvalue weighted by atomic mass is 9.99. The molecule has 0 bridgehead atoms. The standard InChI is InChI=1S/C24H23NO4/c1-4-14(2)24(28)29-13-15(3)25-22(26)20-11-18-9-16-7-5-6-8-17(16)10-19(18)12-21(20)23(25)27/h5-12,14-15H,4,13H2,1-3H3/t14-,15+/m1/s1. The monoisotopic (exact) mass is 389 g/mol. The van der Waals surface area contributed by atoms with Crippen molar-refractivity contribution in [3.8, 4) is 0 Å². The zero-order valence-corrected chi connectivity index (χ0v) is 16.8. The molecular formula is C24H23NO4. The van der Waals surface area contributed by atoms with E-state index in [0.29, 0.717) is 17.5 Å². The summed E-state index contributed by atoms with van der Waals surface area (Å²) in [5.41, 5.74) is 0.802. The van der Waals surface area contributed by atoms with Gasteiger partial charge in [-0.1, -0.05) is 38.1 Å². The van der Waals surface area contributed by atoms with Crippen molar-refractivity contribution < 1.29 is 19.1 Å². The number of hydrogen-bond donors (Lipinski definition) is 0. The van der Waals surface area contributed by atoms with Crippen molar-refractivity contribution in [2.75, 3.05) is 6.61 Å². The van der Waals surface area contributed by atoms with Crippen LogP contribution in [0.4, 0.5) is 0 Å². The molecule has 0 saturated heterocycles. The zero-order chi connectivity index (χ0) is 20.7. The Morgan fingerprint density at radius 1 is 0.897 bits per heavy atom. The molecule has 0 fully saturated rings. The number of hydrogen-bond acceptors (Lipinski definition) is 4. The Kier molecular flexibility index (Phi) is 4.82. The van der Waals surface area contributed by atoms with E-state index in [4.69, 9.17) is 4.74 Å². The first-order valence-corrected chi connectivity index (χ1v) is 9.91. The maximum absolute atomic E-state index is 13.0. The van der Waals surface area contributed by atoms with E-state index in [0.717, 1.165) is 21.5 Å². The predicted octanol–water partition coefficient (Wildman–Crippen LogP) is 4.57. The summed E-state index contributed by atoms with van der Waals surface area (Å²) >= 11 is 0. The first-order chi connectivity index (χ1) is 13.9. The molecule has 1 aliphatic heterocycles. The molecule has 148 valence electrons. The van der Waals surface area contributed by atoms with Crippen molar-refractivity contribution in [3.63, 3.8) is 0 Å². The molecule has 5 nitrogen and oxygen atoms in total. The van der Waals surface area contributed by atoms with Gasteiger partial charge in [0.15, 0.2) is 0 Å². The Hall–Kier alpha value is -3.21. The van der Waals surface area contributed by atoms with E-state index >= 15 is 0 Å². The summed E-state index contributed by atoms with van der Waals surface area (Å²) in [7, 11) is 0. The number of carbonyl (C=O) groups is 3. The summed E-state index contributed by atoms with van der Waals surface area (Å²) in [5, 5.41) is 4.00. The fourth-order valence-electron chi connectivity index (χ4n) is 3.68. The fourth-order valence-corrected chi connectivity index (χ4v) is 3.68. The first-order valence-electron chi connectivity index (χ1n) is 9.91. The highest BCUT2D eigenvalue weighted by atomic mass is 16.5. The number of nitrogens with zero attached hydrogens (tertiary/aromatic N) is 1. The van der Waals surface area contributed by atoms with Crippen LogP contribution in [0.15, 0.2) is 48.5 Å². The van der Waals surface area contributed by atoms with Gasteiger partial charge in [-0.05, 0) is 59.2 Å². The second-order valence-electron chi connectivity index (χ2n) is 7.71. The van der Waals surface area contributed by atoms with Crippen molar-refractivity contribution in [2.24, 2.45) is 5.92 Å². The Labute approximate surface area is 169 Å². The van der Waals surface area contributed by atoms with Crippen LogP contribution in [-0.4, -0.2) is 35.3 Å². The Bertz CT molecular complexity index is 1080. The quantitative estimate of drug-likeness (QED) is 0.364. The minimum absolute atomic E-state index is 0.00194. The van der Waals surface area contributed by atoms with Crippen LogP contribution >= 0.6 is 0 Å². The van der Waals surface area contributed by atoms with Gasteiger partial charge in [0.25, 0.3) is 11.8 Å². The Balaban J connectivity index is 1.64. The minimum Gasteiger partial charge on any atom is -0.463 e. The van der Waals surface area contributed by atoms with E-state index in [1.165, 1.54) is 4.90 Å². The number of rotatable bonds is 5. The van der Waals surface area contributed by atoms with Crippen LogP contribution in [0.1, 0.15) is 47.9 Å². The van der Waals surface area contributed by atoms with Crippen molar-refractivity contribution in [1.82, 2.24) is 4.90 Å². The molecule has 5 heteroatoms. The first kappa shape index (κ1) is 19.1. The van der Waals surface area contributed by atoms with Crippen LogP contribution < -0.4 is 0 Å². The summed E-state index contributed by atoms with van der Waals surface area (Å²) in [6, 6.07) is 15.1. The third-order valence-electron chi connectivity index (χ3n) is 5.66. The normalized spacial score (nSPS) is 15.6. The molecule has 2 atom stereocenters.